The van der Waals surface area contributed by atoms with Gasteiger partial charge in [-0.2, -0.15) is 13.2 Å². The van der Waals surface area contributed by atoms with Gasteiger partial charge in [-0.15, -0.1) is 0 Å². The summed E-state index contributed by atoms with van der Waals surface area (Å²) in [7, 11) is 0. The van der Waals surface area contributed by atoms with E-state index in [0.717, 1.165) is 23.8 Å². The molecule has 0 radical (unpaired) electrons. The molecule has 2 rings (SSSR count). The van der Waals surface area contributed by atoms with Gasteiger partial charge in [0.1, 0.15) is 0 Å². The average molecular weight is 348 g/mol. The number of amides is 2. The van der Waals surface area contributed by atoms with E-state index in [1.807, 2.05) is 6.07 Å². The lowest BCUT2D eigenvalue weighted by atomic mass is 10.1. The number of alkyl halides is 3. The smallest absolute Gasteiger partial charge is 0.326 e. The maximum Gasteiger partial charge on any atom is 0.418 e. The van der Waals surface area contributed by atoms with Gasteiger partial charge in [-0.1, -0.05) is 30.3 Å². The van der Waals surface area contributed by atoms with Crippen molar-refractivity contribution in [3.05, 3.63) is 65.7 Å². The molecule has 4 nitrogen and oxygen atoms in total. The van der Waals surface area contributed by atoms with Crippen LogP contribution in [0.2, 0.25) is 0 Å². The highest BCUT2D eigenvalue weighted by molar-refractivity contribution is 6.02. The summed E-state index contributed by atoms with van der Waals surface area (Å²) in [5.74, 6) is -1.18. The minimum Gasteiger partial charge on any atom is -0.326 e. The van der Waals surface area contributed by atoms with Crippen LogP contribution in [-0.2, 0) is 15.8 Å². The van der Waals surface area contributed by atoms with Crippen molar-refractivity contribution < 1.29 is 22.8 Å². The number of carbonyl (C=O) groups excluding carboxylic acids is 2. The van der Waals surface area contributed by atoms with Crippen molar-refractivity contribution >= 4 is 29.3 Å². The van der Waals surface area contributed by atoms with E-state index in [0.29, 0.717) is 0 Å². The highest BCUT2D eigenvalue weighted by Crippen LogP contribution is 2.36. The van der Waals surface area contributed by atoms with Crippen LogP contribution in [0, 0.1) is 0 Å². The molecule has 2 aromatic carbocycles. The molecule has 2 amide bonds. The molecule has 25 heavy (non-hydrogen) atoms. The van der Waals surface area contributed by atoms with E-state index in [9.17, 15) is 22.8 Å². The molecule has 0 aromatic heterocycles. The van der Waals surface area contributed by atoms with Crippen molar-refractivity contribution in [2.75, 3.05) is 10.6 Å². The van der Waals surface area contributed by atoms with Crippen LogP contribution in [0.3, 0.4) is 0 Å². The standard InChI is InChI=1S/C18H15F3N2O2/c1-12(24)22-14-8-9-16(15(11-14)18(19,20)21)23-17(25)10-7-13-5-3-2-4-6-13/h2-11H,1H3,(H,22,24)(H,23,25). The first kappa shape index (κ1) is 18.3. The number of benzene rings is 2. The van der Waals surface area contributed by atoms with Gasteiger partial charge in [-0.25, -0.2) is 0 Å². The van der Waals surface area contributed by atoms with Gasteiger partial charge in [0.25, 0.3) is 0 Å². The molecule has 0 unspecified atom stereocenters. The van der Waals surface area contributed by atoms with E-state index in [2.05, 4.69) is 10.6 Å². The largest absolute Gasteiger partial charge is 0.418 e. The third-order valence-electron chi connectivity index (χ3n) is 3.13. The summed E-state index contributed by atoms with van der Waals surface area (Å²) < 4.78 is 39.6. The Morgan fingerprint density at radius 3 is 2.28 bits per heavy atom. The lowest BCUT2D eigenvalue weighted by Gasteiger charge is -2.15. The molecule has 130 valence electrons. The zero-order chi connectivity index (χ0) is 18.4. The third-order valence-corrected chi connectivity index (χ3v) is 3.13. The van der Waals surface area contributed by atoms with Crippen LogP contribution < -0.4 is 10.6 Å². The minimum absolute atomic E-state index is 0.00217. The van der Waals surface area contributed by atoms with Crippen molar-refractivity contribution in [3.63, 3.8) is 0 Å². The molecular formula is C18H15F3N2O2. The Labute approximate surface area is 142 Å². The quantitative estimate of drug-likeness (QED) is 0.809. The van der Waals surface area contributed by atoms with Gasteiger partial charge < -0.3 is 10.6 Å². The van der Waals surface area contributed by atoms with E-state index in [4.69, 9.17) is 0 Å². The van der Waals surface area contributed by atoms with E-state index in [-0.39, 0.29) is 11.4 Å². The molecule has 2 N–H and O–H groups in total. The summed E-state index contributed by atoms with van der Waals surface area (Å²) >= 11 is 0. The maximum absolute atomic E-state index is 13.2. The van der Waals surface area contributed by atoms with Crippen molar-refractivity contribution in [2.24, 2.45) is 0 Å². The van der Waals surface area contributed by atoms with Gasteiger partial charge >= 0.3 is 6.18 Å². The summed E-state index contributed by atoms with van der Waals surface area (Å²) in [5.41, 5.74) is -0.683. The second kappa shape index (κ2) is 7.65. The Morgan fingerprint density at radius 1 is 1.00 bits per heavy atom. The second-order valence-electron chi connectivity index (χ2n) is 5.17. The first-order valence-electron chi connectivity index (χ1n) is 7.28. The highest BCUT2D eigenvalue weighted by Gasteiger charge is 2.34. The lowest BCUT2D eigenvalue weighted by Crippen LogP contribution is -2.16. The molecule has 0 fully saturated rings. The molecule has 7 heteroatoms. The van der Waals surface area contributed by atoms with Gasteiger partial charge in [0.15, 0.2) is 0 Å². The Hall–Kier alpha value is -3.09. The Kier molecular flexibility index (Phi) is 5.59. The number of rotatable bonds is 4. The first-order chi connectivity index (χ1) is 11.8. The summed E-state index contributed by atoms with van der Waals surface area (Å²) in [6.07, 6.45) is -2.04. The van der Waals surface area contributed by atoms with Gasteiger partial charge in [0, 0.05) is 18.7 Å². The number of hydrogen-bond donors (Lipinski definition) is 2. The Balaban J connectivity index is 2.21. The SMILES string of the molecule is CC(=O)Nc1ccc(NC(=O)C=Cc2ccccc2)c(C(F)(F)F)c1. The summed E-state index contributed by atoms with van der Waals surface area (Å²) in [6, 6.07) is 12.0. The van der Waals surface area contributed by atoms with Crippen LogP contribution in [-0.4, -0.2) is 11.8 Å². The van der Waals surface area contributed by atoms with Crippen LogP contribution in [0.5, 0.6) is 0 Å². The van der Waals surface area contributed by atoms with E-state index in [1.54, 1.807) is 24.3 Å². The zero-order valence-electron chi connectivity index (χ0n) is 13.2. The maximum atomic E-state index is 13.2. The second-order valence-corrected chi connectivity index (χ2v) is 5.17. The zero-order valence-corrected chi connectivity index (χ0v) is 13.2. The summed E-state index contributed by atoms with van der Waals surface area (Å²) in [6.45, 7) is 1.19. The fraction of sp³-hybridized carbons (Fsp3) is 0.111. The molecule has 0 aliphatic carbocycles. The molecule has 0 atom stereocenters. The Morgan fingerprint density at radius 2 is 1.68 bits per heavy atom. The normalized spacial score (nSPS) is 11.4. The first-order valence-corrected chi connectivity index (χ1v) is 7.28. The molecule has 2 aromatic rings. The predicted molar refractivity (Wildman–Crippen MR) is 89.9 cm³/mol. The van der Waals surface area contributed by atoms with E-state index in [1.165, 1.54) is 19.1 Å². The molecule has 0 aliphatic rings. The van der Waals surface area contributed by atoms with Gasteiger partial charge in [0.05, 0.1) is 11.3 Å². The third kappa shape index (κ3) is 5.49. The molecule has 0 saturated heterocycles. The van der Waals surface area contributed by atoms with Crippen molar-refractivity contribution in [2.45, 2.75) is 13.1 Å². The van der Waals surface area contributed by atoms with Crippen molar-refractivity contribution in [1.82, 2.24) is 0 Å². The molecule has 0 spiro atoms. The monoisotopic (exact) mass is 348 g/mol. The van der Waals surface area contributed by atoms with Gasteiger partial charge in [-0.3, -0.25) is 9.59 Å². The van der Waals surface area contributed by atoms with Crippen LogP contribution in [0.4, 0.5) is 24.5 Å². The Bertz CT molecular complexity index is 800. The molecule has 0 aliphatic heterocycles. The topological polar surface area (TPSA) is 58.2 Å². The van der Waals surface area contributed by atoms with Crippen molar-refractivity contribution in [3.8, 4) is 0 Å². The molecular weight excluding hydrogens is 333 g/mol. The minimum atomic E-state index is -4.68. The van der Waals surface area contributed by atoms with Crippen molar-refractivity contribution in [1.29, 1.82) is 0 Å². The molecule has 0 heterocycles. The number of carbonyl (C=O) groups is 2. The summed E-state index contributed by atoms with van der Waals surface area (Å²) in [5, 5.41) is 4.49. The summed E-state index contributed by atoms with van der Waals surface area (Å²) in [4.78, 5) is 22.9. The fourth-order valence-corrected chi connectivity index (χ4v) is 2.08. The average Bonchev–Trinajstić information content (AvgIpc) is 2.54. The number of halogens is 3. The lowest BCUT2D eigenvalue weighted by molar-refractivity contribution is -0.137. The number of anilines is 2. The van der Waals surface area contributed by atoms with E-state index < -0.39 is 23.6 Å². The predicted octanol–water partition coefficient (Wildman–Crippen LogP) is 4.32. The van der Waals surface area contributed by atoms with Gasteiger partial charge in [0.2, 0.25) is 11.8 Å². The highest BCUT2D eigenvalue weighted by atomic mass is 19.4. The fourth-order valence-electron chi connectivity index (χ4n) is 2.08. The number of hydrogen-bond acceptors (Lipinski definition) is 2. The van der Waals surface area contributed by atoms with E-state index >= 15 is 0 Å². The van der Waals surface area contributed by atoms with Crippen LogP contribution in [0.25, 0.3) is 6.08 Å². The molecule has 0 bridgehead atoms. The van der Waals surface area contributed by atoms with Crippen LogP contribution in [0.15, 0.2) is 54.6 Å². The van der Waals surface area contributed by atoms with Gasteiger partial charge in [-0.05, 0) is 29.8 Å². The molecule has 0 saturated carbocycles. The van der Waals surface area contributed by atoms with Crippen LogP contribution in [0.1, 0.15) is 18.1 Å². The van der Waals surface area contributed by atoms with Crippen LogP contribution >= 0.6 is 0 Å². The number of nitrogens with one attached hydrogen (secondary N) is 2.